The normalized spacial score (nSPS) is 23.0. The molecule has 0 aliphatic carbocycles. The minimum absolute atomic E-state index is 0.233. The second-order valence-corrected chi connectivity index (χ2v) is 10.8. The second-order valence-electron chi connectivity index (χ2n) is 8.14. The molecule has 0 saturated carbocycles. The number of nitrogens with zero attached hydrogens (tertiary/aromatic N) is 4. The number of rotatable bonds is 8. The molecule has 11 nitrogen and oxygen atoms in total. The van der Waals surface area contributed by atoms with E-state index in [9.17, 15) is 14.4 Å². The molecule has 3 unspecified atom stereocenters. The van der Waals surface area contributed by atoms with Crippen LogP contribution in [0.1, 0.15) is 26.8 Å². The maximum absolute atomic E-state index is 12.2. The van der Waals surface area contributed by atoms with Crippen molar-refractivity contribution in [2.24, 2.45) is 0 Å². The molecule has 0 N–H and O–H groups in total. The summed E-state index contributed by atoms with van der Waals surface area (Å²) in [5.74, 6) is -1.76. The van der Waals surface area contributed by atoms with Gasteiger partial charge in [0, 0.05) is 31.0 Å². The largest absolute Gasteiger partial charge is 0.463 e. The summed E-state index contributed by atoms with van der Waals surface area (Å²) in [6.45, 7) is 3.51. The van der Waals surface area contributed by atoms with Crippen molar-refractivity contribution in [2.75, 3.05) is 6.61 Å². The van der Waals surface area contributed by atoms with Gasteiger partial charge in [0.05, 0.1) is 21.8 Å². The van der Waals surface area contributed by atoms with Gasteiger partial charge in [0.2, 0.25) is 0 Å². The lowest BCUT2D eigenvalue weighted by Gasteiger charge is -2.44. The number of benzene rings is 1. The van der Waals surface area contributed by atoms with Crippen molar-refractivity contribution in [3.05, 3.63) is 45.3 Å². The van der Waals surface area contributed by atoms with E-state index in [1.807, 2.05) is 0 Å². The van der Waals surface area contributed by atoms with E-state index in [-0.39, 0.29) is 6.61 Å². The van der Waals surface area contributed by atoms with Crippen LogP contribution in [0.3, 0.4) is 0 Å². The molecule has 15 heteroatoms. The standard InChI is InChI=1S/C23H22Cl2N4O7S2/c1-11(30)33-8-19-21(34-12(2)31)20(29-7-17(27-28-29)18-9-37-10-26-18)22(35-13(3)32)23(36-19)38-14-4-5-15(24)16(25)6-14/h4-7,9-10,19-23H,8H2,1-3H3/t19?,20?,21-,22?,23+/m0/s1. The van der Waals surface area contributed by atoms with E-state index in [2.05, 4.69) is 15.3 Å². The monoisotopic (exact) mass is 600 g/mol. The first kappa shape index (κ1) is 28.3. The summed E-state index contributed by atoms with van der Waals surface area (Å²) in [6.07, 6.45) is -1.41. The average molecular weight is 601 g/mol. The van der Waals surface area contributed by atoms with Gasteiger partial charge in [-0.3, -0.25) is 14.4 Å². The fraction of sp³-hybridized carbons (Fsp3) is 0.391. The fourth-order valence-electron chi connectivity index (χ4n) is 3.84. The van der Waals surface area contributed by atoms with Gasteiger partial charge in [0.25, 0.3) is 0 Å². The molecule has 202 valence electrons. The number of esters is 3. The van der Waals surface area contributed by atoms with Crippen LogP contribution in [0.5, 0.6) is 0 Å². The number of thioether (sulfide) groups is 1. The molecular weight excluding hydrogens is 579 g/mol. The molecule has 1 aromatic carbocycles. The quantitative estimate of drug-likeness (QED) is 0.272. The minimum atomic E-state index is -1.06. The Hall–Kier alpha value is -2.71. The summed E-state index contributed by atoms with van der Waals surface area (Å²) >= 11 is 14.9. The van der Waals surface area contributed by atoms with E-state index in [1.54, 1.807) is 35.3 Å². The van der Waals surface area contributed by atoms with Crippen molar-refractivity contribution in [1.29, 1.82) is 0 Å². The second kappa shape index (κ2) is 12.4. The number of ether oxygens (including phenoxy) is 4. The highest BCUT2D eigenvalue weighted by atomic mass is 35.5. The Kier molecular flexibility index (Phi) is 9.26. The van der Waals surface area contributed by atoms with Crippen molar-refractivity contribution in [1.82, 2.24) is 20.0 Å². The third kappa shape index (κ3) is 6.83. The molecule has 4 rings (SSSR count). The van der Waals surface area contributed by atoms with Gasteiger partial charge in [-0.2, -0.15) is 0 Å². The first-order valence-corrected chi connectivity index (χ1v) is 13.8. The molecule has 0 spiro atoms. The summed E-state index contributed by atoms with van der Waals surface area (Å²) in [6, 6.07) is 4.10. The molecule has 3 heterocycles. The van der Waals surface area contributed by atoms with Crippen molar-refractivity contribution in [2.45, 2.75) is 55.5 Å². The first-order chi connectivity index (χ1) is 18.1. The van der Waals surface area contributed by atoms with Crippen LogP contribution in [-0.4, -0.2) is 68.2 Å². The lowest BCUT2D eigenvalue weighted by Crippen LogP contribution is -2.57. The first-order valence-electron chi connectivity index (χ1n) is 11.2. The molecular formula is C23H22Cl2N4O7S2. The average Bonchev–Trinajstić information content (AvgIpc) is 3.54. The van der Waals surface area contributed by atoms with E-state index < -0.39 is 47.7 Å². The Balaban J connectivity index is 1.78. The van der Waals surface area contributed by atoms with Crippen LogP contribution in [0.25, 0.3) is 11.4 Å². The number of thiazole rings is 1. The van der Waals surface area contributed by atoms with Crippen LogP contribution in [-0.2, 0) is 33.3 Å². The molecule has 0 amide bonds. The van der Waals surface area contributed by atoms with Crippen molar-refractivity contribution in [3.63, 3.8) is 0 Å². The highest BCUT2D eigenvalue weighted by Gasteiger charge is 2.52. The number of aromatic nitrogens is 4. The summed E-state index contributed by atoms with van der Waals surface area (Å²) < 4.78 is 24.3. The Bertz CT molecular complexity index is 1310. The molecule has 38 heavy (non-hydrogen) atoms. The van der Waals surface area contributed by atoms with Crippen LogP contribution in [0.2, 0.25) is 10.0 Å². The molecule has 1 aliphatic rings. The van der Waals surface area contributed by atoms with Gasteiger partial charge >= 0.3 is 17.9 Å². The van der Waals surface area contributed by atoms with Crippen LogP contribution in [0, 0.1) is 0 Å². The molecule has 1 saturated heterocycles. The summed E-state index contributed by atoms with van der Waals surface area (Å²) in [5, 5.41) is 10.9. The highest BCUT2D eigenvalue weighted by Crippen LogP contribution is 2.42. The molecule has 3 aromatic rings. The van der Waals surface area contributed by atoms with Crippen molar-refractivity contribution >= 4 is 64.2 Å². The Morgan fingerprint density at radius 1 is 1.05 bits per heavy atom. The number of hydrogen-bond donors (Lipinski definition) is 0. The zero-order valence-corrected chi connectivity index (χ0v) is 23.4. The third-order valence-electron chi connectivity index (χ3n) is 5.33. The van der Waals surface area contributed by atoms with E-state index in [1.165, 1.54) is 48.6 Å². The zero-order chi connectivity index (χ0) is 27.4. The SMILES string of the molecule is CC(=O)OCC1O[C@H](Sc2ccc(Cl)c(Cl)c2)C(OC(C)=O)C(n2cc(-c3cscn3)nn2)[C@H]1OC(C)=O. The predicted octanol–water partition coefficient (Wildman–Crippen LogP) is 4.19. The third-order valence-corrected chi connectivity index (χ3v) is 7.79. The lowest BCUT2D eigenvalue weighted by molar-refractivity contribution is -0.212. The van der Waals surface area contributed by atoms with Gasteiger partial charge in [0.1, 0.15) is 35.6 Å². The summed E-state index contributed by atoms with van der Waals surface area (Å²) in [5.41, 5.74) is 1.86. The minimum Gasteiger partial charge on any atom is -0.463 e. The zero-order valence-electron chi connectivity index (χ0n) is 20.3. The van der Waals surface area contributed by atoms with E-state index in [0.29, 0.717) is 26.3 Å². The number of carbonyl (C=O) groups is 3. The number of halogens is 2. The van der Waals surface area contributed by atoms with Crippen molar-refractivity contribution in [3.8, 4) is 11.4 Å². The van der Waals surface area contributed by atoms with Crippen molar-refractivity contribution < 1.29 is 33.3 Å². The van der Waals surface area contributed by atoms with Gasteiger partial charge in [-0.1, -0.05) is 40.2 Å². The molecule has 5 atom stereocenters. The number of carbonyl (C=O) groups excluding carboxylic acids is 3. The molecule has 2 aromatic heterocycles. The van der Waals surface area contributed by atoms with Gasteiger partial charge < -0.3 is 18.9 Å². The van der Waals surface area contributed by atoms with Gasteiger partial charge in [-0.15, -0.1) is 16.4 Å². The smallest absolute Gasteiger partial charge is 0.303 e. The predicted molar refractivity (Wildman–Crippen MR) is 139 cm³/mol. The van der Waals surface area contributed by atoms with Gasteiger partial charge in [-0.25, -0.2) is 9.67 Å². The van der Waals surface area contributed by atoms with E-state index in [4.69, 9.17) is 42.1 Å². The Labute approximate surface area is 235 Å². The Morgan fingerprint density at radius 3 is 2.42 bits per heavy atom. The van der Waals surface area contributed by atoms with Crippen LogP contribution in [0.15, 0.2) is 40.2 Å². The topological polar surface area (TPSA) is 132 Å². The summed E-state index contributed by atoms with van der Waals surface area (Å²) in [7, 11) is 0. The van der Waals surface area contributed by atoms with Crippen LogP contribution >= 0.6 is 46.3 Å². The molecule has 1 aliphatic heterocycles. The van der Waals surface area contributed by atoms with Gasteiger partial charge in [0.15, 0.2) is 12.2 Å². The Morgan fingerprint density at radius 2 is 1.79 bits per heavy atom. The van der Waals surface area contributed by atoms with Gasteiger partial charge in [-0.05, 0) is 18.2 Å². The molecule has 0 radical (unpaired) electrons. The summed E-state index contributed by atoms with van der Waals surface area (Å²) in [4.78, 5) is 41.0. The highest BCUT2D eigenvalue weighted by molar-refractivity contribution is 7.99. The van der Waals surface area contributed by atoms with Crippen LogP contribution in [0.4, 0.5) is 0 Å². The molecule has 1 fully saturated rings. The molecule has 0 bridgehead atoms. The maximum atomic E-state index is 12.2. The fourth-order valence-corrected chi connectivity index (χ4v) is 5.90. The van der Waals surface area contributed by atoms with Crippen LogP contribution < -0.4 is 0 Å². The van der Waals surface area contributed by atoms with E-state index in [0.717, 1.165) is 0 Å². The number of hydrogen-bond acceptors (Lipinski definition) is 12. The lowest BCUT2D eigenvalue weighted by atomic mass is 9.96. The maximum Gasteiger partial charge on any atom is 0.303 e. The van der Waals surface area contributed by atoms with E-state index >= 15 is 0 Å².